The summed E-state index contributed by atoms with van der Waals surface area (Å²) in [6.45, 7) is 15.6. The lowest BCUT2D eigenvalue weighted by molar-refractivity contribution is 0.0635. The van der Waals surface area contributed by atoms with Gasteiger partial charge in [0.2, 0.25) is 0 Å². The third kappa shape index (κ3) is 6.27. The normalized spacial score (nSPS) is 11.5. The molecule has 2 N–H and O–H groups in total. The quantitative estimate of drug-likeness (QED) is 0.460. The van der Waals surface area contributed by atoms with Crippen LogP contribution in [-0.2, 0) is 14.8 Å². The number of hydrogen-bond acceptors (Lipinski definition) is 7. The van der Waals surface area contributed by atoms with Crippen LogP contribution in [0.25, 0.3) is 15.4 Å². The standard InChI is InChI=1S/C22H23N5O4S2/c1-13-11-17(26-21(28)31-22(3,4)5)25-18(12-13)27-33(29,30)20-14(2)24-19(32-20)15-7-9-16(23-6)10-8-15/h7-12H,1-5H3,(H2,25,26,27,28). The highest BCUT2D eigenvalue weighted by atomic mass is 32.2. The number of rotatable bonds is 5. The number of carbonyl (C=O) groups is 1. The van der Waals surface area contributed by atoms with Gasteiger partial charge in [-0.2, -0.15) is 0 Å². The highest BCUT2D eigenvalue weighted by Crippen LogP contribution is 2.33. The van der Waals surface area contributed by atoms with Gasteiger partial charge in [-0.25, -0.2) is 28.0 Å². The number of aryl methyl sites for hydroxylation is 2. The molecule has 1 aromatic carbocycles. The largest absolute Gasteiger partial charge is 0.444 e. The molecule has 0 fully saturated rings. The van der Waals surface area contributed by atoms with E-state index >= 15 is 0 Å². The van der Waals surface area contributed by atoms with Gasteiger partial charge in [-0.3, -0.25) is 10.0 Å². The second-order valence-electron chi connectivity index (χ2n) is 8.20. The van der Waals surface area contributed by atoms with Gasteiger partial charge >= 0.3 is 6.09 Å². The first-order valence-electron chi connectivity index (χ1n) is 9.83. The predicted molar refractivity (Wildman–Crippen MR) is 128 cm³/mol. The molecule has 0 radical (unpaired) electrons. The molecule has 33 heavy (non-hydrogen) atoms. The molecule has 0 saturated heterocycles. The van der Waals surface area contributed by atoms with Crippen molar-refractivity contribution in [1.29, 1.82) is 0 Å². The predicted octanol–water partition coefficient (Wildman–Crippen LogP) is 5.52. The molecular weight excluding hydrogens is 462 g/mol. The van der Waals surface area contributed by atoms with Gasteiger partial charge < -0.3 is 4.74 Å². The summed E-state index contributed by atoms with van der Waals surface area (Å²) in [6, 6.07) is 9.92. The number of anilines is 2. The van der Waals surface area contributed by atoms with E-state index in [-0.39, 0.29) is 15.8 Å². The molecule has 0 aliphatic heterocycles. The van der Waals surface area contributed by atoms with Crippen molar-refractivity contribution >= 4 is 44.8 Å². The van der Waals surface area contributed by atoms with Crippen LogP contribution in [0.1, 0.15) is 32.0 Å². The average Bonchev–Trinajstić information content (AvgIpc) is 3.08. The zero-order valence-corrected chi connectivity index (χ0v) is 20.4. The molecular formula is C22H23N5O4S2. The van der Waals surface area contributed by atoms with Crippen molar-refractivity contribution in [2.75, 3.05) is 10.0 Å². The third-order valence-corrected chi connectivity index (χ3v) is 7.25. The molecule has 0 bridgehead atoms. The fourth-order valence-corrected chi connectivity index (χ4v) is 5.32. The van der Waals surface area contributed by atoms with E-state index in [0.29, 0.717) is 22.0 Å². The summed E-state index contributed by atoms with van der Waals surface area (Å²) >= 11 is 1.02. The van der Waals surface area contributed by atoms with Gasteiger partial charge in [0.1, 0.15) is 22.2 Å². The Kier molecular flexibility index (Phi) is 6.71. The van der Waals surface area contributed by atoms with E-state index < -0.39 is 21.7 Å². The highest BCUT2D eigenvalue weighted by Gasteiger charge is 2.24. The Hall–Kier alpha value is -3.49. The Bertz CT molecular complexity index is 1330. The summed E-state index contributed by atoms with van der Waals surface area (Å²) in [5.41, 5.74) is 1.56. The SMILES string of the molecule is [C-]#[N+]c1ccc(-c2nc(C)c(S(=O)(=O)Nc3cc(C)cc(NC(=O)OC(C)(C)C)n3)s2)cc1. The van der Waals surface area contributed by atoms with E-state index in [4.69, 9.17) is 11.3 Å². The van der Waals surface area contributed by atoms with Crippen molar-refractivity contribution in [3.8, 4) is 10.6 Å². The van der Waals surface area contributed by atoms with E-state index in [1.807, 2.05) is 0 Å². The summed E-state index contributed by atoms with van der Waals surface area (Å²) in [5, 5.41) is 3.04. The molecule has 0 atom stereocenters. The van der Waals surface area contributed by atoms with Gasteiger partial charge in [-0.1, -0.05) is 24.3 Å². The van der Waals surface area contributed by atoms with Crippen molar-refractivity contribution in [2.24, 2.45) is 0 Å². The number of hydrogen-bond donors (Lipinski definition) is 2. The van der Waals surface area contributed by atoms with Crippen molar-refractivity contribution in [3.63, 3.8) is 0 Å². The fraction of sp³-hybridized carbons (Fsp3) is 0.273. The zero-order valence-electron chi connectivity index (χ0n) is 18.8. The zero-order chi connectivity index (χ0) is 24.4. The Morgan fingerprint density at radius 2 is 1.73 bits per heavy atom. The minimum Gasteiger partial charge on any atom is -0.444 e. The lowest BCUT2D eigenvalue weighted by Gasteiger charge is -2.19. The minimum atomic E-state index is -3.98. The maximum atomic E-state index is 13.1. The van der Waals surface area contributed by atoms with E-state index in [9.17, 15) is 13.2 Å². The maximum absolute atomic E-state index is 13.1. The Morgan fingerprint density at radius 3 is 2.33 bits per heavy atom. The summed E-state index contributed by atoms with van der Waals surface area (Å²) in [5.74, 6) is 0.209. The van der Waals surface area contributed by atoms with Gasteiger partial charge in [-0.15, -0.1) is 11.3 Å². The van der Waals surface area contributed by atoms with E-state index in [1.54, 1.807) is 71.0 Å². The first-order valence-corrected chi connectivity index (χ1v) is 12.1. The molecule has 3 rings (SSSR count). The van der Waals surface area contributed by atoms with E-state index in [1.165, 1.54) is 0 Å². The highest BCUT2D eigenvalue weighted by molar-refractivity contribution is 7.94. The number of sulfonamides is 1. The monoisotopic (exact) mass is 485 g/mol. The van der Waals surface area contributed by atoms with Gasteiger partial charge in [0.15, 0.2) is 9.90 Å². The van der Waals surface area contributed by atoms with E-state index in [0.717, 1.165) is 16.9 Å². The summed E-state index contributed by atoms with van der Waals surface area (Å²) in [6.07, 6.45) is -0.693. The number of amides is 1. The lowest BCUT2D eigenvalue weighted by atomic mass is 10.2. The van der Waals surface area contributed by atoms with Crippen molar-refractivity contribution in [2.45, 2.75) is 44.4 Å². The summed E-state index contributed by atoms with van der Waals surface area (Å²) < 4.78 is 33.9. The van der Waals surface area contributed by atoms with Crippen LogP contribution >= 0.6 is 11.3 Å². The molecule has 9 nitrogen and oxygen atoms in total. The molecule has 1 amide bonds. The molecule has 2 aromatic heterocycles. The molecule has 2 heterocycles. The number of thiazole rings is 1. The molecule has 0 aliphatic rings. The van der Waals surface area contributed by atoms with Gasteiger partial charge in [0.05, 0.1) is 12.3 Å². The van der Waals surface area contributed by atoms with Crippen LogP contribution in [0.5, 0.6) is 0 Å². The Morgan fingerprint density at radius 1 is 1.09 bits per heavy atom. The van der Waals surface area contributed by atoms with Gasteiger partial charge in [-0.05, 0) is 52.3 Å². The summed E-state index contributed by atoms with van der Waals surface area (Å²) in [7, 11) is -3.98. The summed E-state index contributed by atoms with van der Waals surface area (Å²) in [4.78, 5) is 24.0. The van der Waals surface area contributed by atoms with Gasteiger partial charge in [0.25, 0.3) is 10.0 Å². The molecule has 11 heteroatoms. The topological polar surface area (TPSA) is 115 Å². The second kappa shape index (κ2) is 9.17. The first kappa shape index (κ1) is 24.2. The smallest absolute Gasteiger partial charge is 0.413 e. The average molecular weight is 486 g/mol. The van der Waals surface area contributed by atoms with Crippen LogP contribution in [0.15, 0.2) is 40.6 Å². The number of aromatic nitrogens is 2. The number of nitrogens with zero attached hydrogens (tertiary/aromatic N) is 3. The van der Waals surface area contributed by atoms with Crippen molar-refractivity contribution in [1.82, 2.24) is 9.97 Å². The van der Waals surface area contributed by atoms with Gasteiger partial charge in [0, 0.05) is 5.56 Å². The van der Waals surface area contributed by atoms with Crippen LogP contribution in [0, 0.1) is 20.4 Å². The Labute approximate surface area is 196 Å². The number of carbonyl (C=O) groups excluding carboxylic acids is 1. The van der Waals surface area contributed by atoms with Crippen molar-refractivity contribution < 1.29 is 17.9 Å². The number of ether oxygens (including phenoxy) is 1. The van der Waals surface area contributed by atoms with Crippen LogP contribution in [0.2, 0.25) is 0 Å². The van der Waals surface area contributed by atoms with Crippen LogP contribution in [-0.4, -0.2) is 30.1 Å². The third-order valence-electron chi connectivity index (χ3n) is 4.08. The van der Waals surface area contributed by atoms with Crippen LogP contribution in [0.3, 0.4) is 0 Å². The molecule has 0 unspecified atom stereocenters. The molecule has 3 aromatic rings. The first-order chi connectivity index (χ1) is 15.4. The molecule has 0 saturated carbocycles. The second-order valence-corrected chi connectivity index (χ2v) is 11.1. The fourth-order valence-electron chi connectivity index (χ4n) is 2.81. The number of pyridine rings is 1. The maximum Gasteiger partial charge on any atom is 0.413 e. The molecule has 172 valence electrons. The lowest BCUT2D eigenvalue weighted by Crippen LogP contribution is -2.27. The molecule has 0 spiro atoms. The Balaban J connectivity index is 1.85. The van der Waals surface area contributed by atoms with Crippen molar-refractivity contribution in [3.05, 3.63) is 59.1 Å². The van der Waals surface area contributed by atoms with Crippen LogP contribution in [0.4, 0.5) is 22.1 Å². The van der Waals surface area contributed by atoms with E-state index in [2.05, 4.69) is 24.9 Å². The number of nitrogens with one attached hydrogen (secondary N) is 2. The van der Waals surface area contributed by atoms with Crippen LogP contribution < -0.4 is 10.0 Å². The minimum absolute atomic E-state index is 0.0525. The molecule has 0 aliphatic carbocycles. The number of benzene rings is 1.